The lowest BCUT2D eigenvalue weighted by molar-refractivity contribution is -0.115. The van der Waals surface area contributed by atoms with Crippen molar-refractivity contribution in [2.24, 2.45) is 0 Å². The van der Waals surface area contributed by atoms with E-state index in [0.29, 0.717) is 17.1 Å². The lowest BCUT2D eigenvalue weighted by Crippen LogP contribution is -2.09. The predicted octanol–water partition coefficient (Wildman–Crippen LogP) is 3.82. The van der Waals surface area contributed by atoms with E-state index in [4.69, 9.17) is 9.47 Å². The van der Waals surface area contributed by atoms with Crippen LogP contribution in [0.2, 0.25) is 0 Å². The van der Waals surface area contributed by atoms with Crippen LogP contribution in [0, 0.1) is 6.92 Å². The molecule has 0 unspecified atom stereocenters. The average Bonchev–Trinajstić information content (AvgIpc) is 2.49. The van der Waals surface area contributed by atoms with Gasteiger partial charge in [0, 0.05) is 5.56 Å². The quantitative estimate of drug-likeness (QED) is 0.639. The molecule has 0 aromatic heterocycles. The summed E-state index contributed by atoms with van der Waals surface area (Å²) in [5, 5.41) is 0. The van der Waals surface area contributed by atoms with Crippen LogP contribution in [0.25, 0.3) is 0 Å². The van der Waals surface area contributed by atoms with Gasteiger partial charge in [-0.25, -0.2) is 4.79 Å². The van der Waals surface area contributed by atoms with Gasteiger partial charge in [-0.3, -0.25) is 0 Å². The van der Waals surface area contributed by atoms with Crippen molar-refractivity contribution in [1.29, 1.82) is 0 Å². The van der Waals surface area contributed by atoms with E-state index < -0.39 is 0 Å². The Morgan fingerprint density at radius 3 is 1.95 bits per heavy atom. The molecule has 0 N–H and O–H groups in total. The number of hydrogen-bond donors (Lipinski definition) is 0. The van der Waals surface area contributed by atoms with E-state index in [1.54, 1.807) is 43.5 Å². The molecule has 0 bridgehead atoms. The molecule has 2 aromatic carbocycles. The van der Waals surface area contributed by atoms with E-state index in [-0.39, 0.29) is 11.8 Å². The zero-order chi connectivity index (χ0) is 16.5. The highest BCUT2D eigenvalue weighted by atomic mass is 16.5. The third-order valence-corrected chi connectivity index (χ3v) is 2.67. The van der Waals surface area contributed by atoms with Crippen molar-refractivity contribution < 1.29 is 19.1 Å². The summed E-state index contributed by atoms with van der Waals surface area (Å²) in [7, 11) is 1.59. The number of carbonyl (C=O) groups is 2. The van der Waals surface area contributed by atoms with Gasteiger partial charge in [0.2, 0.25) is 0 Å². The summed E-state index contributed by atoms with van der Waals surface area (Å²) in [4.78, 5) is 21.3. The molecule has 0 aliphatic heterocycles. The molecular weight excluding hydrogens is 280 g/mol. The second kappa shape index (κ2) is 8.62. The van der Waals surface area contributed by atoms with Crippen LogP contribution < -0.4 is 9.47 Å². The van der Waals surface area contributed by atoms with E-state index in [2.05, 4.69) is 0 Å². The Kier molecular flexibility index (Phi) is 6.83. The van der Waals surface area contributed by atoms with E-state index in [1.807, 2.05) is 19.1 Å². The first-order chi connectivity index (χ1) is 10.5. The number of Topliss-reactive ketones (excluding diaryl/α,β-unsaturated/α-hetero) is 1. The number of esters is 1. The summed E-state index contributed by atoms with van der Waals surface area (Å²) in [6.07, 6.45) is 0. The van der Waals surface area contributed by atoms with Crippen molar-refractivity contribution in [1.82, 2.24) is 0 Å². The van der Waals surface area contributed by atoms with Gasteiger partial charge in [-0.15, -0.1) is 0 Å². The number of ketones is 1. The molecule has 2 rings (SSSR count). The zero-order valence-corrected chi connectivity index (χ0v) is 13.3. The fourth-order valence-electron chi connectivity index (χ4n) is 1.66. The SMILES string of the molecule is CC(C)=O.COc1cccc(OC(=O)c2ccccc2)c1C. The number of ether oxygens (including phenoxy) is 2. The van der Waals surface area contributed by atoms with Crippen molar-refractivity contribution in [3.8, 4) is 11.5 Å². The van der Waals surface area contributed by atoms with Gasteiger partial charge in [-0.05, 0) is 45.0 Å². The standard InChI is InChI=1S/C15H14O3.C3H6O/c1-11-13(17-2)9-6-10-14(11)18-15(16)12-7-4-3-5-8-12;1-3(2)4/h3-10H,1-2H3;1-2H3. The minimum absolute atomic E-state index is 0.167. The second-order valence-electron chi connectivity index (χ2n) is 4.75. The van der Waals surface area contributed by atoms with Gasteiger partial charge in [0.1, 0.15) is 17.3 Å². The van der Waals surface area contributed by atoms with Gasteiger partial charge in [0.05, 0.1) is 12.7 Å². The van der Waals surface area contributed by atoms with Gasteiger partial charge >= 0.3 is 5.97 Å². The molecule has 116 valence electrons. The molecule has 0 aliphatic rings. The molecule has 2 aromatic rings. The third-order valence-electron chi connectivity index (χ3n) is 2.67. The second-order valence-corrected chi connectivity index (χ2v) is 4.75. The number of hydrogen-bond acceptors (Lipinski definition) is 4. The van der Waals surface area contributed by atoms with Crippen LogP contribution in [-0.4, -0.2) is 18.9 Å². The van der Waals surface area contributed by atoms with Crippen LogP contribution in [0.15, 0.2) is 48.5 Å². The molecule has 0 spiro atoms. The molecule has 0 radical (unpaired) electrons. The summed E-state index contributed by atoms with van der Waals surface area (Å²) in [6, 6.07) is 14.3. The highest BCUT2D eigenvalue weighted by Crippen LogP contribution is 2.27. The molecule has 0 saturated carbocycles. The summed E-state index contributed by atoms with van der Waals surface area (Å²) < 4.78 is 10.5. The highest BCUT2D eigenvalue weighted by molar-refractivity contribution is 5.91. The molecule has 0 heterocycles. The minimum Gasteiger partial charge on any atom is -0.496 e. The Morgan fingerprint density at radius 2 is 1.41 bits per heavy atom. The Labute approximate surface area is 130 Å². The van der Waals surface area contributed by atoms with E-state index in [0.717, 1.165) is 5.56 Å². The monoisotopic (exact) mass is 300 g/mol. The maximum Gasteiger partial charge on any atom is 0.343 e. The molecule has 4 heteroatoms. The van der Waals surface area contributed by atoms with Crippen LogP contribution in [0.1, 0.15) is 29.8 Å². The third kappa shape index (κ3) is 5.40. The van der Waals surface area contributed by atoms with Crippen LogP contribution in [0.3, 0.4) is 0 Å². The average molecular weight is 300 g/mol. The van der Waals surface area contributed by atoms with Crippen molar-refractivity contribution in [3.05, 3.63) is 59.7 Å². The number of methoxy groups -OCH3 is 1. The number of rotatable bonds is 3. The minimum atomic E-state index is -0.369. The smallest absolute Gasteiger partial charge is 0.343 e. The number of benzene rings is 2. The molecule has 22 heavy (non-hydrogen) atoms. The summed E-state index contributed by atoms with van der Waals surface area (Å²) in [5.74, 6) is 1.02. The highest BCUT2D eigenvalue weighted by Gasteiger charge is 2.11. The Balaban J connectivity index is 0.000000541. The van der Waals surface area contributed by atoms with Crippen LogP contribution >= 0.6 is 0 Å². The van der Waals surface area contributed by atoms with Crippen molar-refractivity contribution in [3.63, 3.8) is 0 Å². The van der Waals surface area contributed by atoms with Gasteiger partial charge < -0.3 is 14.3 Å². The zero-order valence-electron chi connectivity index (χ0n) is 13.3. The van der Waals surface area contributed by atoms with E-state index in [9.17, 15) is 9.59 Å². The molecule has 0 atom stereocenters. The lowest BCUT2D eigenvalue weighted by atomic mass is 10.2. The molecule has 0 fully saturated rings. The Hall–Kier alpha value is -2.62. The maximum absolute atomic E-state index is 11.9. The fraction of sp³-hybridized carbons (Fsp3) is 0.222. The molecule has 0 amide bonds. The Bertz CT molecular complexity index is 629. The molecule has 0 aliphatic carbocycles. The molecule has 4 nitrogen and oxygen atoms in total. The van der Waals surface area contributed by atoms with Crippen LogP contribution in [-0.2, 0) is 4.79 Å². The fourth-order valence-corrected chi connectivity index (χ4v) is 1.66. The largest absolute Gasteiger partial charge is 0.496 e. The van der Waals surface area contributed by atoms with Crippen molar-refractivity contribution >= 4 is 11.8 Å². The summed E-state index contributed by atoms with van der Waals surface area (Å²) in [5.41, 5.74) is 1.34. The van der Waals surface area contributed by atoms with E-state index >= 15 is 0 Å². The lowest BCUT2D eigenvalue weighted by Gasteiger charge is -2.10. The van der Waals surface area contributed by atoms with Crippen molar-refractivity contribution in [2.75, 3.05) is 7.11 Å². The van der Waals surface area contributed by atoms with Crippen molar-refractivity contribution in [2.45, 2.75) is 20.8 Å². The first-order valence-corrected chi connectivity index (χ1v) is 6.83. The van der Waals surface area contributed by atoms with Gasteiger partial charge in [-0.1, -0.05) is 24.3 Å². The normalized spacial score (nSPS) is 9.27. The summed E-state index contributed by atoms with van der Waals surface area (Å²) >= 11 is 0. The van der Waals surface area contributed by atoms with Gasteiger partial charge in [0.25, 0.3) is 0 Å². The van der Waals surface area contributed by atoms with Crippen LogP contribution in [0.4, 0.5) is 0 Å². The number of carbonyl (C=O) groups excluding carboxylic acids is 2. The van der Waals surface area contributed by atoms with Gasteiger partial charge in [0.15, 0.2) is 0 Å². The molecular formula is C18H20O4. The molecule has 0 saturated heterocycles. The maximum atomic E-state index is 11.9. The van der Waals surface area contributed by atoms with Gasteiger partial charge in [-0.2, -0.15) is 0 Å². The van der Waals surface area contributed by atoms with E-state index in [1.165, 1.54) is 13.8 Å². The first-order valence-electron chi connectivity index (χ1n) is 6.83. The van der Waals surface area contributed by atoms with Crippen LogP contribution in [0.5, 0.6) is 11.5 Å². The first kappa shape index (κ1) is 17.4. The Morgan fingerprint density at radius 1 is 0.864 bits per heavy atom. The topological polar surface area (TPSA) is 52.6 Å². The summed E-state index contributed by atoms with van der Waals surface area (Å²) in [6.45, 7) is 4.91. The predicted molar refractivity (Wildman–Crippen MR) is 85.5 cm³/mol.